The number of hydrogen-bond donors (Lipinski definition) is 0. The maximum Gasteiger partial charge on any atom is 2.00 e. The van der Waals surface area contributed by atoms with Gasteiger partial charge in [0.1, 0.15) is 6.29 Å². The average molecular weight is 112 g/mol. The predicted molar refractivity (Wildman–Crippen MR) is 33.5 cm³/mol. The summed E-state index contributed by atoms with van der Waals surface area (Å²) in [7, 11) is 0. The van der Waals surface area contributed by atoms with Crippen molar-refractivity contribution in [2.45, 2.75) is 20.3 Å². The summed E-state index contributed by atoms with van der Waals surface area (Å²) in [5.74, 6) is 0.255. The third-order valence-corrected chi connectivity index (χ3v) is 0.876. The van der Waals surface area contributed by atoms with Crippen LogP contribution >= 0.6 is 0 Å². The molecule has 0 bridgehead atoms. The Morgan fingerprint density at radius 1 is 1.86 bits per heavy atom. The van der Waals surface area contributed by atoms with Crippen LogP contribution in [-0.4, -0.2) is 29.3 Å². The van der Waals surface area contributed by atoms with Crippen molar-refractivity contribution in [3.63, 3.8) is 0 Å². The van der Waals surface area contributed by atoms with Gasteiger partial charge < -0.3 is 7.65 Å². The number of rotatable bonds is 2. The first-order valence-electron chi connectivity index (χ1n) is 2.26. The van der Waals surface area contributed by atoms with Gasteiger partial charge in [0.05, 0.1) is 0 Å². The monoisotopic (exact) mass is 112 g/mol. The van der Waals surface area contributed by atoms with E-state index in [1.165, 1.54) is 0 Å². The summed E-state index contributed by atoms with van der Waals surface area (Å²) < 4.78 is 0. The van der Waals surface area contributed by atoms with Gasteiger partial charge in [-0.1, -0.05) is 13.8 Å². The Morgan fingerprint density at radius 3 is 2.29 bits per heavy atom. The maximum atomic E-state index is 9.74. The minimum Gasteiger partial charge on any atom is -1.00 e. The summed E-state index contributed by atoms with van der Waals surface area (Å²) in [6, 6.07) is 0. The molecule has 0 saturated heterocycles. The van der Waals surface area contributed by atoms with E-state index in [4.69, 9.17) is 0 Å². The Labute approximate surface area is 63.6 Å². The van der Waals surface area contributed by atoms with E-state index < -0.39 is 0 Å². The van der Waals surface area contributed by atoms with Crippen molar-refractivity contribution >= 4 is 29.3 Å². The van der Waals surface area contributed by atoms with Crippen LogP contribution in [0.15, 0.2) is 0 Å². The quantitative estimate of drug-likeness (QED) is 0.386. The molecule has 0 rings (SSSR count). The summed E-state index contributed by atoms with van der Waals surface area (Å²) in [6.45, 7) is 3.91. The average Bonchev–Trinajstić information content (AvgIpc) is 1.65. The SMILES string of the molecule is CCC(C)C=O.[H-].[H-].[Mg+2]. The first-order valence-corrected chi connectivity index (χ1v) is 2.26. The summed E-state index contributed by atoms with van der Waals surface area (Å²) in [5, 5.41) is 0. The number of aldehydes is 1. The van der Waals surface area contributed by atoms with Crippen LogP contribution in [0, 0.1) is 5.92 Å². The van der Waals surface area contributed by atoms with E-state index in [1.54, 1.807) is 0 Å². The summed E-state index contributed by atoms with van der Waals surface area (Å²) in [6.07, 6.45) is 1.93. The Kier molecular flexibility index (Phi) is 9.58. The van der Waals surface area contributed by atoms with Gasteiger partial charge in [0.25, 0.3) is 0 Å². The third kappa shape index (κ3) is 6.44. The minimum absolute atomic E-state index is 0. The second kappa shape index (κ2) is 6.44. The number of carbonyl (C=O) groups is 1. The zero-order chi connectivity index (χ0) is 4.99. The molecule has 0 radical (unpaired) electrons. The molecule has 0 spiro atoms. The Bertz CT molecular complexity index is 52.2. The first kappa shape index (κ1) is 10.4. The van der Waals surface area contributed by atoms with Crippen molar-refractivity contribution in [3.05, 3.63) is 0 Å². The molecule has 0 aromatic heterocycles. The molecule has 0 heterocycles. The maximum absolute atomic E-state index is 9.74. The summed E-state index contributed by atoms with van der Waals surface area (Å²) in [4.78, 5) is 9.74. The fraction of sp³-hybridized carbons (Fsp3) is 0.800. The van der Waals surface area contributed by atoms with Gasteiger partial charge in [-0.25, -0.2) is 0 Å². The molecule has 0 aliphatic rings. The van der Waals surface area contributed by atoms with E-state index in [2.05, 4.69) is 0 Å². The fourth-order valence-corrected chi connectivity index (χ4v) is 0.0962. The minimum atomic E-state index is 0. The van der Waals surface area contributed by atoms with Crippen LogP contribution in [0.1, 0.15) is 23.1 Å². The van der Waals surface area contributed by atoms with Crippen LogP contribution in [0.2, 0.25) is 0 Å². The molecule has 1 unspecified atom stereocenters. The van der Waals surface area contributed by atoms with E-state index >= 15 is 0 Å². The molecule has 2 heteroatoms. The van der Waals surface area contributed by atoms with E-state index in [9.17, 15) is 4.79 Å². The molecule has 1 atom stereocenters. The van der Waals surface area contributed by atoms with Gasteiger partial charge >= 0.3 is 23.1 Å². The van der Waals surface area contributed by atoms with Crippen molar-refractivity contribution in [2.24, 2.45) is 5.92 Å². The van der Waals surface area contributed by atoms with Crippen LogP contribution < -0.4 is 0 Å². The number of carbonyl (C=O) groups excluding carboxylic acids is 1. The molecule has 1 nitrogen and oxygen atoms in total. The fourth-order valence-electron chi connectivity index (χ4n) is 0.0962. The summed E-state index contributed by atoms with van der Waals surface area (Å²) >= 11 is 0. The zero-order valence-electron chi connectivity index (χ0n) is 6.98. The van der Waals surface area contributed by atoms with Gasteiger partial charge in [0.2, 0.25) is 0 Å². The van der Waals surface area contributed by atoms with Gasteiger partial charge in [-0.3, -0.25) is 0 Å². The molecule has 0 aromatic carbocycles. The van der Waals surface area contributed by atoms with E-state index in [0.717, 1.165) is 12.7 Å². The van der Waals surface area contributed by atoms with Crippen molar-refractivity contribution < 1.29 is 7.65 Å². The normalized spacial score (nSPS) is 11.7. The second-order valence-corrected chi connectivity index (χ2v) is 1.52. The second-order valence-electron chi connectivity index (χ2n) is 1.52. The Morgan fingerprint density at radius 2 is 2.29 bits per heavy atom. The Hall–Kier alpha value is 0.436. The van der Waals surface area contributed by atoms with Gasteiger partial charge in [0, 0.05) is 5.92 Å². The first-order chi connectivity index (χ1) is 2.81. The standard InChI is InChI=1S/C5H10O.Mg.2H/c1-3-5(2)4-6;;;/h4-5H,3H2,1-2H3;;;/q;+2;2*-1. The zero-order valence-corrected chi connectivity index (χ0v) is 6.39. The van der Waals surface area contributed by atoms with Crippen molar-refractivity contribution in [2.75, 3.05) is 0 Å². The van der Waals surface area contributed by atoms with Gasteiger partial charge in [-0.15, -0.1) is 0 Å². The molecular formula is C5H12MgO. The molecule has 0 fully saturated rings. The van der Waals surface area contributed by atoms with Crippen LogP contribution in [0.4, 0.5) is 0 Å². The Balaban J connectivity index is -0.0000000417. The van der Waals surface area contributed by atoms with Crippen LogP contribution in [-0.2, 0) is 4.79 Å². The van der Waals surface area contributed by atoms with Gasteiger partial charge in [-0.05, 0) is 6.42 Å². The van der Waals surface area contributed by atoms with E-state index in [1.807, 2.05) is 13.8 Å². The van der Waals surface area contributed by atoms with E-state index in [-0.39, 0.29) is 31.8 Å². The van der Waals surface area contributed by atoms with Crippen LogP contribution in [0.3, 0.4) is 0 Å². The van der Waals surface area contributed by atoms with Crippen molar-refractivity contribution in [3.8, 4) is 0 Å². The third-order valence-electron chi connectivity index (χ3n) is 0.876. The smallest absolute Gasteiger partial charge is 1.00 e. The molecule has 0 N–H and O–H groups in total. The molecule has 0 aliphatic carbocycles. The molecule has 7 heavy (non-hydrogen) atoms. The number of hydrogen-bond acceptors (Lipinski definition) is 1. The van der Waals surface area contributed by atoms with Gasteiger partial charge in [0.15, 0.2) is 0 Å². The van der Waals surface area contributed by atoms with Crippen LogP contribution in [0.25, 0.3) is 0 Å². The summed E-state index contributed by atoms with van der Waals surface area (Å²) in [5.41, 5.74) is 0. The molecule has 40 valence electrons. The van der Waals surface area contributed by atoms with E-state index in [0.29, 0.717) is 0 Å². The topological polar surface area (TPSA) is 17.1 Å². The molecular weight excluding hydrogens is 100 g/mol. The largest absolute Gasteiger partial charge is 2.00 e. The predicted octanol–water partition coefficient (Wildman–Crippen LogP) is 1.08. The molecule has 0 saturated carbocycles. The van der Waals surface area contributed by atoms with Crippen molar-refractivity contribution in [1.82, 2.24) is 0 Å². The van der Waals surface area contributed by atoms with Crippen LogP contribution in [0.5, 0.6) is 0 Å². The molecule has 0 aromatic rings. The molecule has 0 amide bonds. The van der Waals surface area contributed by atoms with Crippen molar-refractivity contribution in [1.29, 1.82) is 0 Å². The van der Waals surface area contributed by atoms with Gasteiger partial charge in [-0.2, -0.15) is 0 Å². The molecule has 0 aliphatic heterocycles.